The van der Waals surface area contributed by atoms with E-state index in [0.29, 0.717) is 6.54 Å². The number of pyridine rings is 2. The number of carbonyl (C=O) groups excluding carboxylic acids is 1. The maximum Gasteiger partial charge on any atom is 0.241 e. The van der Waals surface area contributed by atoms with Crippen molar-refractivity contribution in [3.05, 3.63) is 102 Å². The number of hydrogen-bond acceptors (Lipinski definition) is 4. The number of rotatable bonds is 6. The minimum atomic E-state index is -0.0936. The van der Waals surface area contributed by atoms with Gasteiger partial charge in [0.25, 0.3) is 0 Å². The van der Waals surface area contributed by atoms with Crippen LogP contribution in [0.15, 0.2) is 85.3 Å². The van der Waals surface area contributed by atoms with Crippen molar-refractivity contribution in [3.8, 4) is 22.5 Å². The molecule has 0 saturated carbocycles. The van der Waals surface area contributed by atoms with E-state index in [4.69, 9.17) is 5.10 Å². The van der Waals surface area contributed by atoms with Gasteiger partial charge in [0.15, 0.2) is 0 Å². The monoisotopic (exact) mass is 447 g/mol. The molecular formula is C28H25N5O. The second-order valence-corrected chi connectivity index (χ2v) is 8.33. The molecule has 3 heterocycles. The van der Waals surface area contributed by atoms with Crippen LogP contribution in [-0.2, 0) is 17.9 Å². The molecule has 3 aromatic heterocycles. The Morgan fingerprint density at radius 1 is 0.853 bits per heavy atom. The molecule has 6 nitrogen and oxygen atoms in total. The molecule has 0 aliphatic heterocycles. The van der Waals surface area contributed by atoms with E-state index >= 15 is 0 Å². The third kappa shape index (κ3) is 4.30. The first kappa shape index (κ1) is 21.5. The van der Waals surface area contributed by atoms with Gasteiger partial charge in [0.2, 0.25) is 5.91 Å². The standard InChI is InChI=1S/C28H25N5O/c1-19-8-7-9-20(2)23(19)16-31-27(34)18-33-17-24(28(32-33)26-12-5-6-14-29-26)21-13-15-30-25-11-4-3-10-22(21)25/h3-15,17H,16,18H2,1-2H3,(H,31,34). The topological polar surface area (TPSA) is 72.7 Å². The first-order valence-corrected chi connectivity index (χ1v) is 11.2. The van der Waals surface area contributed by atoms with Gasteiger partial charge in [-0.05, 0) is 60.4 Å². The number of benzene rings is 2. The maximum atomic E-state index is 12.8. The van der Waals surface area contributed by atoms with Crippen LogP contribution in [0.3, 0.4) is 0 Å². The van der Waals surface area contributed by atoms with Crippen LogP contribution in [0.1, 0.15) is 16.7 Å². The minimum Gasteiger partial charge on any atom is -0.350 e. The predicted molar refractivity (Wildman–Crippen MR) is 134 cm³/mol. The second kappa shape index (κ2) is 9.27. The van der Waals surface area contributed by atoms with Gasteiger partial charge in [-0.2, -0.15) is 5.10 Å². The maximum absolute atomic E-state index is 12.8. The van der Waals surface area contributed by atoms with E-state index in [1.807, 2.05) is 54.7 Å². The number of nitrogens with one attached hydrogen (secondary N) is 1. The van der Waals surface area contributed by atoms with Crippen LogP contribution >= 0.6 is 0 Å². The normalized spacial score (nSPS) is 11.0. The highest BCUT2D eigenvalue weighted by Gasteiger charge is 2.17. The molecule has 0 unspecified atom stereocenters. The quantitative estimate of drug-likeness (QED) is 0.393. The van der Waals surface area contributed by atoms with Crippen LogP contribution in [-0.4, -0.2) is 25.7 Å². The molecule has 0 bridgehead atoms. The first-order valence-electron chi connectivity index (χ1n) is 11.2. The number of nitrogens with zero attached hydrogens (tertiary/aromatic N) is 4. The number of carbonyl (C=O) groups is 1. The van der Waals surface area contributed by atoms with Gasteiger partial charge < -0.3 is 5.32 Å². The lowest BCUT2D eigenvalue weighted by Crippen LogP contribution is -2.27. The number of amides is 1. The molecule has 6 heteroatoms. The predicted octanol–water partition coefficient (Wildman–Crippen LogP) is 5.09. The third-order valence-electron chi connectivity index (χ3n) is 6.02. The van der Waals surface area contributed by atoms with Gasteiger partial charge in [0, 0.05) is 36.1 Å². The first-order chi connectivity index (χ1) is 16.6. The third-order valence-corrected chi connectivity index (χ3v) is 6.02. The van der Waals surface area contributed by atoms with Crippen molar-refractivity contribution in [2.75, 3.05) is 0 Å². The summed E-state index contributed by atoms with van der Waals surface area (Å²) < 4.78 is 1.69. The Bertz CT molecular complexity index is 1450. The molecule has 0 spiro atoms. The van der Waals surface area contributed by atoms with Crippen LogP contribution in [0.5, 0.6) is 0 Å². The molecule has 0 radical (unpaired) electrons. The Labute approximate surface area is 198 Å². The van der Waals surface area contributed by atoms with E-state index in [1.165, 1.54) is 11.1 Å². The molecule has 168 valence electrons. The number of para-hydroxylation sites is 1. The summed E-state index contributed by atoms with van der Waals surface area (Å²) >= 11 is 0. The summed E-state index contributed by atoms with van der Waals surface area (Å²) in [7, 11) is 0. The summed E-state index contributed by atoms with van der Waals surface area (Å²) in [6.45, 7) is 4.74. The highest BCUT2D eigenvalue weighted by atomic mass is 16.2. The minimum absolute atomic E-state index is 0.0936. The van der Waals surface area contributed by atoms with Crippen molar-refractivity contribution < 1.29 is 4.79 Å². The Morgan fingerprint density at radius 2 is 1.65 bits per heavy atom. The van der Waals surface area contributed by atoms with E-state index in [0.717, 1.165) is 39.0 Å². The molecule has 5 rings (SSSR count). The van der Waals surface area contributed by atoms with Gasteiger partial charge in [-0.3, -0.25) is 19.4 Å². The van der Waals surface area contributed by atoms with Crippen molar-refractivity contribution in [1.29, 1.82) is 0 Å². The zero-order valence-corrected chi connectivity index (χ0v) is 19.2. The lowest BCUT2D eigenvalue weighted by molar-refractivity contribution is -0.122. The molecule has 0 atom stereocenters. The van der Waals surface area contributed by atoms with Crippen molar-refractivity contribution >= 4 is 16.8 Å². The number of hydrogen-bond donors (Lipinski definition) is 1. The van der Waals surface area contributed by atoms with Crippen LogP contribution in [0.25, 0.3) is 33.4 Å². The van der Waals surface area contributed by atoms with E-state index in [2.05, 4.69) is 47.3 Å². The summed E-state index contributed by atoms with van der Waals surface area (Å²) in [5.74, 6) is -0.0936. The Balaban J connectivity index is 1.47. The molecule has 0 aliphatic rings. The van der Waals surface area contributed by atoms with E-state index in [9.17, 15) is 4.79 Å². The smallest absolute Gasteiger partial charge is 0.241 e. The fourth-order valence-electron chi connectivity index (χ4n) is 4.24. The molecular weight excluding hydrogens is 422 g/mol. The molecule has 5 aromatic rings. The number of aromatic nitrogens is 4. The fourth-order valence-corrected chi connectivity index (χ4v) is 4.24. The van der Waals surface area contributed by atoms with Gasteiger partial charge in [0.1, 0.15) is 12.2 Å². The van der Waals surface area contributed by atoms with Gasteiger partial charge >= 0.3 is 0 Å². The van der Waals surface area contributed by atoms with Crippen molar-refractivity contribution in [1.82, 2.24) is 25.1 Å². The second-order valence-electron chi connectivity index (χ2n) is 8.33. The van der Waals surface area contributed by atoms with Crippen LogP contribution in [0.2, 0.25) is 0 Å². The number of aryl methyl sites for hydroxylation is 2. The average molecular weight is 448 g/mol. The molecule has 34 heavy (non-hydrogen) atoms. The SMILES string of the molecule is Cc1cccc(C)c1CNC(=O)Cn1cc(-c2ccnc3ccccc23)c(-c2ccccn2)n1. The fraction of sp³-hybridized carbons (Fsp3) is 0.143. The van der Waals surface area contributed by atoms with Crippen LogP contribution in [0, 0.1) is 13.8 Å². The van der Waals surface area contributed by atoms with E-state index in [1.54, 1.807) is 17.1 Å². The Morgan fingerprint density at radius 3 is 2.44 bits per heavy atom. The zero-order valence-electron chi connectivity index (χ0n) is 19.2. The van der Waals surface area contributed by atoms with Crippen molar-refractivity contribution in [2.45, 2.75) is 26.9 Å². The van der Waals surface area contributed by atoms with Gasteiger partial charge in [-0.15, -0.1) is 0 Å². The molecule has 0 fully saturated rings. The summed E-state index contributed by atoms with van der Waals surface area (Å²) in [5, 5.41) is 8.84. The molecule has 1 N–H and O–H groups in total. The summed E-state index contributed by atoms with van der Waals surface area (Å²) in [5.41, 5.74) is 7.81. The van der Waals surface area contributed by atoms with E-state index in [-0.39, 0.29) is 12.5 Å². The van der Waals surface area contributed by atoms with Gasteiger partial charge in [0.05, 0.1) is 11.2 Å². The zero-order chi connectivity index (χ0) is 23.5. The highest BCUT2D eigenvalue weighted by Crippen LogP contribution is 2.34. The van der Waals surface area contributed by atoms with Gasteiger partial charge in [-0.1, -0.05) is 42.5 Å². The van der Waals surface area contributed by atoms with Crippen LogP contribution in [0.4, 0.5) is 0 Å². The van der Waals surface area contributed by atoms with Crippen molar-refractivity contribution in [3.63, 3.8) is 0 Å². The Kier molecular flexibility index (Phi) is 5.87. The molecule has 0 aliphatic carbocycles. The van der Waals surface area contributed by atoms with Gasteiger partial charge in [-0.25, -0.2) is 0 Å². The lowest BCUT2D eigenvalue weighted by atomic mass is 10.0. The average Bonchev–Trinajstić information content (AvgIpc) is 3.27. The largest absolute Gasteiger partial charge is 0.350 e. The summed E-state index contributed by atoms with van der Waals surface area (Å²) in [6, 6.07) is 21.9. The summed E-state index contributed by atoms with van der Waals surface area (Å²) in [4.78, 5) is 21.8. The van der Waals surface area contributed by atoms with E-state index < -0.39 is 0 Å². The summed E-state index contributed by atoms with van der Waals surface area (Å²) in [6.07, 6.45) is 5.47. The van der Waals surface area contributed by atoms with Crippen molar-refractivity contribution in [2.24, 2.45) is 0 Å². The number of fused-ring (bicyclic) bond motifs is 1. The van der Waals surface area contributed by atoms with Crippen LogP contribution < -0.4 is 5.32 Å². The Hall–Kier alpha value is -4.32. The lowest BCUT2D eigenvalue weighted by Gasteiger charge is -2.11. The molecule has 1 amide bonds. The molecule has 2 aromatic carbocycles. The molecule has 0 saturated heterocycles. The highest BCUT2D eigenvalue weighted by molar-refractivity contribution is 5.97.